The predicted octanol–water partition coefficient (Wildman–Crippen LogP) is 6.62. The van der Waals surface area contributed by atoms with Gasteiger partial charge in [0.05, 0.1) is 24.2 Å². The van der Waals surface area contributed by atoms with Crippen LogP contribution in [0.15, 0.2) is 78.0 Å². The van der Waals surface area contributed by atoms with E-state index < -0.39 is 6.36 Å². The van der Waals surface area contributed by atoms with Crippen molar-refractivity contribution >= 4 is 45.9 Å². The van der Waals surface area contributed by atoms with Crippen LogP contribution in [0.2, 0.25) is 0 Å². The Morgan fingerprint density at radius 2 is 1.77 bits per heavy atom. The van der Waals surface area contributed by atoms with Gasteiger partial charge < -0.3 is 9.47 Å². The lowest BCUT2D eigenvalue weighted by Crippen LogP contribution is -2.38. The van der Waals surface area contributed by atoms with Crippen LogP contribution in [-0.4, -0.2) is 50.2 Å². The predicted molar refractivity (Wildman–Crippen MR) is 180 cm³/mol. The summed E-state index contributed by atoms with van der Waals surface area (Å²) < 4.78 is 48.1. The maximum Gasteiger partial charge on any atom is 0.573 e. The summed E-state index contributed by atoms with van der Waals surface area (Å²) >= 11 is 6.82. The Bertz CT molecular complexity index is 1760. The molecule has 1 unspecified atom stereocenters. The molecule has 4 aromatic rings. The van der Waals surface area contributed by atoms with E-state index in [1.165, 1.54) is 47.0 Å². The molecule has 1 amide bonds. The molecule has 1 atom stereocenters. The molecule has 10 nitrogen and oxygen atoms in total. The normalized spacial score (nSPS) is 14.9. The van der Waals surface area contributed by atoms with Crippen LogP contribution in [0.5, 0.6) is 11.5 Å². The number of amides is 1. The number of alkyl halides is 3. The number of thioether (sulfide) groups is 1. The lowest BCUT2D eigenvalue weighted by molar-refractivity contribution is -0.274. The molecule has 15 heteroatoms. The highest BCUT2D eigenvalue weighted by Gasteiger charge is 2.32. The van der Waals surface area contributed by atoms with Crippen molar-refractivity contribution in [1.29, 1.82) is 0 Å². The molecule has 1 aromatic heterocycles. The van der Waals surface area contributed by atoms with Crippen LogP contribution in [0.4, 0.5) is 18.9 Å². The van der Waals surface area contributed by atoms with Gasteiger partial charge >= 0.3 is 6.36 Å². The molecule has 0 aliphatic carbocycles. The Morgan fingerprint density at radius 3 is 2.43 bits per heavy atom. The minimum atomic E-state index is -4.76. The van der Waals surface area contributed by atoms with Crippen LogP contribution in [0.3, 0.4) is 0 Å². The van der Waals surface area contributed by atoms with E-state index in [-0.39, 0.29) is 28.6 Å². The molecule has 1 aliphatic heterocycles. The van der Waals surface area contributed by atoms with Crippen molar-refractivity contribution in [2.45, 2.75) is 39.6 Å². The van der Waals surface area contributed by atoms with Crippen molar-refractivity contribution < 1.29 is 27.4 Å². The largest absolute Gasteiger partial charge is 0.573 e. The molecule has 5 rings (SSSR count). The van der Waals surface area contributed by atoms with E-state index in [9.17, 15) is 18.0 Å². The number of amidine groups is 1. The molecule has 0 bridgehead atoms. The maximum atomic E-state index is 13.0. The average molecular weight is 684 g/mol. The first-order chi connectivity index (χ1) is 22.4. The molecule has 0 radical (unpaired) electrons. The summed E-state index contributed by atoms with van der Waals surface area (Å²) in [5.74, 6) is 1.34. The topological polar surface area (TPSA) is 106 Å². The van der Waals surface area contributed by atoms with Gasteiger partial charge in [-0.2, -0.15) is 4.99 Å². The van der Waals surface area contributed by atoms with Gasteiger partial charge in [-0.1, -0.05) is 55.9 Å². The van der Waals surface area contributed by atoms with Gasteiger partial charge in [0.2, 0.25) is 11.0 Å². The van der Waals surface area contributed by atoms with Crippen molar-refractivity contribution in [1.82, 2.24) is 25.6 Å². The first-order valence-electron chi connectivity index (χ1n) is 14.5. The minimum absolute atomic E-state index is 0.0796. The highest BCUT2D eigenvalue weighted by Crippen LogP contribution is 2.34. The second-order valence-electron chi connectivity index (χ2n) is 11.0. The zero-order chi connectivity index (χ0) is 33.7. The third kappa shape index (κ3) is 8.67. The number of nitrogens with zero attached hydrogens (tertiary/aromatic N) is 5. The van der Waals surface area contributed by atoms with Crippen molar-refractivity contribution in [3.63, 3.8) is 0 Å². The first kappa shape index (κ1) is 33.9. The van der Waals surface area contributed by atoms with Gasteiger partial charge in [-0.05, 0) is 72.9 Å². The average Bonchev–Trinajstić information content (AvgIpc) is 3.66. The highest BCUT2D eigenvalue weighted by molar-refractivity contribution is 8.15. The number of ether oxygens (including phenoxy) is 2. The van der Waals surface area contributed by atoms with Crippen LogP contribution in [0.25, 0.3) is 17.1 Å². The molecular formula is C32H32F3N7O3S2. The van der Waals surface area contributed by atoms with Gasteiger partial charge in [0, 0.05) is 17.7 Å². The second-order valence-corrected chi connectivity index (χ2v) is 12.3. The molecule has 2 N–H and O–H groups in total. The summed E-state index contributed by atoms with van der Waals surface area (Å²) in [5.41, 5.74) is 10.1. The fourth-order valence-corrected chi connectivity index (χ4v) is 5.85. The van der Waals surface area contributed by atoms with E-state index >= 15 is 0 Å². The van der Waals surface area contributed by atoms with Crippen LogP contribution >= 0.6 is 24.0 Å². The maximum absolute atomic E-state index is 13.0. The Labute approximate surface area is 279 Å². The van der Waals surface area contributed by atoms with E-state index in [0.717, 1.165) is 28.8 Å². The fraction of sp³-hybridized carbons (Fsp3) is 0.281. The molecule has 3 aromatic carbocycles. The number of aliphatic imine (C=N–C) groups is 1. The van der Waals surface area contributed by atoms with Gasteiger partial charge in [-0.3, -0.25) is 15.1 Å². The Kier molecular flexibility index (Phi) is 10.5. The number of carbonyl (C=O) groups is 1. The molecule has 1 saturated heterocycles. The Morgan fingerprint density at radius 1 is 1.06 bits per heavy atom. The van der Waals surface area contributed by atoms with Crippen molar-refractivity contribution in [2.75, 3.05) is 17.8 Å². The zero-order valence-electron chi connectivity index (χ0n) is 25.9. The van der Waals surface area contributed by atoms with Gasteiger partial charge in [0.15, 0.2) is 11.0 Å². The Hall–Kier alpha value is -4.47. The van der Waals surface area contributed by atoms with E-state index in [0.29, 0.717) is 28.3 Å². The van der Waals surface area contributed by atoms with Crippen molar-refractivity contribution in [2.24, 2.45) is 10.9 Å². The van der Waals surface area contributed by atoms with Crippen molar-refractivity contribution in [3.05, 3.63) is 84.2 Å². The van der Waals surface area contributed by atoms with Crippen LogP contribution in [0, 0.1) is 5.92 Å². The monoisotopic (exact) mass is 683 g/mol. The smallest absolute Gasteiger partial charge is 0.497 e. The summed E-state index contributed by atoms with van der Waals surface area (Å²) in [5, 5.41) is 5.11. The molecular weight excluding hydrogens is 652 g/mol. The number of aromatic nitrogens is 3. The molecule has 1 aliphatic rings. The highest BCUT2D eigenvalue weighted by atomic mass is 32.2. The number of rotatable bonds is 10. The molecule has 47 heavy (non-hydrogen) atoms. The van der Waals surface area contributed by atoms with E-state index in [4.69, 9.17) is 17.0 Å². The van der Waals surface area contributed by atoms with Gasteiger partial charge in [-0.25, -0.2) is 15.1 Å². The van der Waals surface area contributed by atoms with E-state index in [1.807, 2.05) is 49.4 Å². The Balaban J connectivity index is 1.21. The fourth-order valence-electron chi connectivity index (χ4n) is 4.78. The molecule has 246 valence electrons. The number of hydrogen-bond acceptors (Lipinski definition) is 8. The summed E-state index contributed by atoms with van der Waals surface area (Å²) in [6, 6.07) is 18.5. The number of thiocarbonyl (C=S) groups is 1. The summed E-state index contributed by atoms with van der Waals surface area (Å²) in [6.45, 7) is 6.20. The molecule has 1 fully saturated rings. The summed E-state index contributed by atoms with van der Waals surface area (Å²) in [6.07, 6.45) is -2.49. The quantitative estimate of drug-likeness (QED) is 0.141. The number of hydrazine groups is 1. The summed E-state index contributed by atoms with van der Waals surface area (Å²) in [4.78, 5) is 23.5. The third-order valence-electron chi connectivity index (χ3n) is 7.02. The van der Waals surface area contributed by atoms with Crippen LogP contribution in [-0.2, 0) is 11.2 Å². The number of benzene rings is 3. The van der Waals surface area contributed by atoms with Crippen LogP contribution in [0.1, 0.15) is 37.9 Å². The lowest BCUT2D eigenvalue weighted by atomic mass is 10.0. The number of hydrogen-bond donors (Lipinski definition) is 2. The van der Waals surface area contributed by atoms with E-state index in [1.54, 1.807) is 12.0 Å². The van der Waals surface area contributed by atoms with Gasteiger partial charge in [0.25, 0.3) is 0 Å². The SMILES string of the molecule is COc1ccc(CC(C)C)c(N2C(=O)CS/C2=N\C(=S)NNC(C)c2ccc(-c3ncn(-c4ccc(OC(F)(F)F)cc4)n3)cc2)c1. The number of anilines is 1. The standard InChI is InChI=1S/C32H32F3N7O3S2/c1-19(2)15-23-9-12-26(44-4)16-27(23)42-28(43)17-47-31(42)37-30(46)39-38-20(3)21-5-7-22(8-6-21)29-36-18-41(40-29)24-10-13-25(14-11-24)45-32(33,34)35/h5-14,16,18-20,38H,15,17H2,1-4H3,(H,39,46)/b37-31-. The van der Waals surface area contributed by atoms with E-state index in [2.05, 4.69) is 44.5 Å². The molecule has 2 heterocycles. The lowest BCUT2D eigenvalue weighted by Gasteiger charge is -2.22. The number of nitrogens with one attached hydrogen (secondary N) is 2. The summed E-state index contributed by atoms with van der Waals surface area (Å²) in [7, 11) is 1.59. The number of halogens is 3. The molecule has 0 spiro atoms. The minimum Gasteiger partial charge on any atom is -0.497 e. The number of carbonyl (C=O) groups excluding carboxylic acids is 1. The van der Waals surface area contributed by atoms with Crippen LogP contribution < -0.4 is 25.2 Å². The third-order valence-corrected chi connectivity index (χ3v) is 8.13. The molecule has 0 saturated carbocycles. The first-order valence-corrected chi connectivity index (χ1v) is 15.9. The number of methoxy groups -OCH3 is 1. The van der Waals surface area contributed by atoms with Gasteiger partial charge in [-0.15, -0.1) is 18.3 Å². The van der Waals surface area contributed by atoms with Gasteiger partial charge in [0.1, 0.15) is 17.8 Å². The van der Waals surface area contributed by atoms with Crippen molar-refractivity contribution in [3.8, 4) is 28.6 Å². The zero-order valence-corrected chi connectivity index (χ0v) is 27.5. The second kappa shape index (κ2) is 14.5.